The zero-order chi connectivity index (χ0) is 25.1. The molecule has 0 unspecified atom stereocenters. The third-order valence-corrected chi connectivity index (χ3v) is 6.62. The largest absolute Gasteiger partial charge is 0.497 e. The fourth-order valence-corrected chi connectivity index (χ4v) is 4.34. The van der Waals surface area contributed by atoms with Gasteiger partial charge in [-0.1, -0.05) is 43.3 Å². The Morgan fingerprint density at radius 2 is 1.71 bits per heavy atom. The highest BCUT2D eigenvalue weighted by Gasteiger charge is 2.34. The highest BCUT2D eigenvalue weighted by atomic mass is 16.5. The molecule has 3 aromatic carbocycles. The first kappa shape index (κ1) is 24.3. The maximum absolute atomic E-state index is 13.7. The van der Waals surface area contributed by atoms with Crippen LogP contribution in [0.5, 0.6) is 5.75 Å². The molecule has 3 amide bonds. The Morgan fingerprint density at radius 3 is 2.37 bits per heavy atom. The van der Waals surface area contributed by atoms with E-state index >= 15 is 0 Å². The van der Waals surface area contributed by atoms with Crippen LogP contribution in [0.25, 0.3) is 10.8 Å². The van der Waals surface area contributed by atoms with Crippen LogP contribution in [0.3, 0.4) is 0 Å². The Morgan fingerprint density at radius 1 is 1.03 bits per heavy atom. The van der Waals surface area contributed by atoms with Crippen molar-refractivity contribution in [2.24, 2.45) is 0 Å². The van der Waals surface area contributed by atoms with Crippen molar-refractivity contribution < 1.29 is 19.1 Å². The van der Waals surface area contributed by atoms with Gasteiger partial charge < -0.3 is 15.0 Å². The number of anilines is 1. The minimum atomic E-state index is -0.713. The van der Waals surface area contributed by atoms with E-state index < -0.39 is 6.04 Å². The predicted octanol–water partition coefficient (Wildman–Crippen LogP) is 4.14. The van der Waals surface area contributed by atoms with Crippen molar-refractivity contribution in [2.45, 2.75) is 45.8 Å². The average Bonchev–Trinajstić information content (AvgIpc) is 3.15. The van der Waals surface area contributed by atoms with E-state index in [9.17, 15) is 14.4 Å². The first-order chi connectivity index (χ1) is 16.8. The zero-order valence-electron chi connectivity index (χ0n) is 20.6. The van der Waals surface area contributed by atoms with Crippen molar-refractivity contribution in [3.8, 4) is 5.75 Å². The summed E-state index contributed by atoms with van der Waals surface area (Å²) in [5, 5.41) is 4.78. The van der Waals surface area contributed by atoms with Crippen LogP contribution in [0.2, 0.25) is 0 Å². The molecule has 0 spiro atoms. The van der Waals surface area contributed by atoms with Crippen LogP contribution in [-0.2, 0) is 16.1 Å². The van der Waals surface area contributed by atoms with Crippen LogP contribution in [0.15, 0.2) is 60.7 Å². The lowest BCUT2D eigenvalue weighted by Crippen LogP contribution is -2.52. The zero-order valence-corrected chi connectivity index (χ0v) is 20.6. The second-order valence-electron chi connectivity index (χ2n) is 8.94. The van der Waals surface area contributed by atoms with Gasteiger partial charge in [-0.05, 0) is 55.5 Å². The van der Waals surface area contributed by atoms with Crippen molar-refractivity contribution >= 4 is 34.2 Å². The fourth-order valence-electron chi connectivity index (χ4n) is 4.34. The summed E-state index contributed by atoms with van der Waals surface area (Å²) < 4.78 is 5.23. The number of carbonyl (C=O) groups is 3. The molecule has 1 aliphatic heterocycles. The smallest absolute Gasteiger partial charge is 0.259 e. The SMILES string of the molecule is CC[C@@H](C)NC(=O)[C@H](C)N(Cc1ccc(OC)cc1)C(=O)CN1C(=O)c2cccc3cccc1c23. The van der Waals surface area contributed by atoms with Gasteiger partial charge in [0.2, 0.25) is 11.8 Å². The normalized spacial score (nSPS) is 14.1. The molecule has 7 nitrogen and oxygen atoms in total. The van der Waals surface area contributed by atoms with Crippen LogP contribution >= 0.6 is 0 Å². The number of methoxy groups -OCH3 is 1. The number of amides is 3. The minimum Gasteiger partial charge on any atom is -0.497 e. The molecule has 1 aliphatic rings. The van der Waals surface area contributed by atoms with Crippen molar-refractivity contribution in [3.05, 3.63) is 71.8 Å². The number of ether oxygens (including phenoxy) is 1. The van der Waals surface area contributed by atoms with E-state index in [1.54, 1.807) is 20.1 Å². The summed E-state index contributed by atoms with van der Waals surface area (Å²) in [4.78, 5) is 42.9. The van der Waals surface area contributed by atoms with Crippen LogP contribution in [0.1, 0.15) is 43.1 Å². The molecule has 2 atom stereocenters. The maximum atomic E-state index is 13.7. The van der Waals surface area contributed by atoms with E-state index in [-0.39, 0.29) is 36.9 Å². The van der Waals surface area contributed by atoms with Crippen molar-refractivity contribution in [2.75, 3.05) is 18.6 Å². The number of hydrogen-bond donors (Lipinski definition) is 1. The molecule has 0 aliphatic carbocycles. The molecule has 4 rings (SSSR count). The lowest BCUT2D eigenvalue weighted by Gasteiger charge is -2.31. The second-order valence-corrected chi connectivity index (χ2v) is 8.94. The van der Waals surface area contributed by atoms with Gasteiger partial charge in [0.05, 0.1) is 12.8 Å². The Labute approximate surface area is 205 Å². The van der Waals surface area contributed by atoms with Gasteiger partial charge in [-0.2, -0.15) is 0 Å². The van der Waals surface area contributed by atoms with Crippen LogP contribution in [-0.4, -0.2) is 48.4 Å². The summed E-state index contributed by atoms with van der Waals surface area (Å²) >= 11 is 0. The molecule has 1 N–H and O–H groups in total. The quantitative estimate of drug-likeness (QED) is 0.507. The molecule has 0 fully saturated rings. The van der Waals surface area contributed by atoms with Gasteiger partial charge in [0, 0.05) is 23.5 Å². The molecule has 182 valence electrons. The van der Waals surface area contributed by atoms with E-state index in [1.807, 2.05) is 68.4 Å². The average molecular weight is 474 g/mol. The summed E-state index contributed by atoms with van der Waals surface area (Å²) in [6.07, 6.45) is 0.787. The highest BCUT2D eigenvalue weighted by molar-refractivity contribution is 6.26. The molecule has 0 radical (unpaired) electrons. The number of nitrogens with one attached hydrogen (secondary N) is 1. The molecule has 1 heterocycles. The molecule has 0 aromatic heterocycles. The maximum Gasteiger partial charge on any atom is 0.259 e. The van der Waals surface area contributed by atoms with Gasteiger partial charge in [-0.25, -0.2) is 0 Å². The van der Waals surface area contributed by atoms with Crippen LogP contribution in [0, 0.1) is 0 Å². The second kappa shape index (κ2) is 10.2. The van der Waals surface area contributed by atoms with Gasteiger partial charge in [-0.3, -0.25) is 19.3 Å². The number of benzene rings is 3. The van der Waals surface area contributed by atoms with E-state index in [1.165, 1.54) is 9.80 Å². The predicted molar refractivity (Wildman–Crippen MR) is 137 cm³/mol. The number of hydrogen-bond acceptors (Lipinski definition) is 4. The molecule has 0 saturated heterocycles. The molecule has 35 heavy (non-hydrogen) atoms. The monoisotopic (exact) mass is 473 g/mol. The van der Waals surface area contributed by atoms with E-state index in [2.05, 4.69) is 5.32 Å². The Hall–Kier alpha value is -3.87. The lowest BCUT2D eigenvalue weighted by molar-refractivity contribution is -0.139. The van der Waals surface area contributed by atoms with Crippen LogP contribution < -0.4 is 15.0 Å². The molecular formula is C28H31N3O4. The topological polar surface area (TPSA) is 79.0 Å². The summed E-state index contributed by atoms with van der Waals surface area (Å²) in [6.45, 7) is 5.73. The summed E-state index contributed by atoms with van der Waals surface area (Å²) in [5.74, 6) is -0.0147. The minimum absolute atomic E-state index is 0.00449. The fraction of sp³-hybridized carbons (Fsp3) is 0.321. The van der Waals surface area contributed by atoms with Gasteiger partial charge in [0.15, 0.2) is 0 Å². The third-order valence-electron chi connectivity index (χ3n) is 6.62. The summed E-state index contributed by atoms with van der Waals surface area (Å²) in [5.41, 5.74) is 2.17. The highest BCUT2D eigenvalue weighted by Crippen LogP contribution is 2.37. The Kier molecular flexibility index (Phi) is 7.05. The van der Waals surface area contributed by atoms with Crippen molar-refractivity contribution in [3.63, 3.8) is 0 Å². The van der Waals surface area contributed by atoms with Gasteiger partial charge in [-0.15, -0.1) is 0 Å². The van der Waals surface area contributed by atoms with Crippen LogP contribution in [0.4, 0.5) is 5.69 Å². The standard InChI is InChI=1S/C28H31N3O4/c1-5-18(2)29-27(33)19(3)30(16-20-12-14-22(35-4)15-13-20)25(32)17-31-24-11-7-9-21-8-6-10-23(26(21)24)28(31)34/h6-15,18-19H,5,16-17H2,1-4H3,(H,29,33)/t18-,19+/m1/s1. The van der Waals surface area contributed by atoms with Crippen molar-refractivity contribution in [1.29, 1.82) is 0 Å². The van der Waals surface area contributed by atoms with E-state index in [4.69, 9.17) is 4.74 Å². The Bertz CT molecular complexity index is 1250. The number of carbonyl (C=O) groups excluding carboxylic acids is 3. The lowest BCUT2D eigenvalue weighted by atomic mass is 10.1. The summed E-state index contributed by atoms with van der Waals surface area (Å²) in [7, 11) is 1.60. The Balaban J connectivity index is 1.61. The first-order valence-electron chi connectivity index (χ1n) is 11.9. The molecule has 7 heteroatoms. The van der Waals surface area contributed by atoms with Crippen molar-refractivity contribution in [1.82, 2.24) is 10.2 Å². The van der Waals surface area contributed by atoms with E-state index in [0.717, 1.165) is 28.4 Å². The van der Waals surface area contributed by atoms with Gasteiger partial charge in [0.25, 0.3) is 5.91 Å². The first-order valence-corrected chi connectivity index (χ1v) is 11.9. The molecular weight excluding hydrogens is 442 g/mol. The van der Waals surface area contributed by atoms with E-state index in [0.29, 0.717) is 11.3 Å². The third kappa shape index (κ3) is 4.85. The summed E-state index contributed by atoms with van der Waals surface area (Å²) in [6, 6.07) is 18.0. The van der Waals surface area contributed by atoms with Gasteiger partial charge in [0.1, 0.15) is 18.3 Å². The number of rotatable bonds is 9. The number of nitrogens with zero attached hydrogens (tertiary/aromatic N) is 2. The molecule has 0 saturated carbocycles. The van der Waals surface area contributed by atoms with Gasteiger partial charge >= 0.3 is 0 Å². The molecule has 0 bridgehead atoms. The molecule has 3 aromatic rings.